The topological polar surface area (TPSA) is 64.1 Å². The fourth-order valence-electron chi connectivity index (χ4n) is 2.38. The summed E-state index contributed by atoms with van der Waals surface area (Å²) in [5.41, 5.74) is 2.21. The van der Waals surface area contributed by atoms with Gasteiger partial charge in [0.25, 0.3) is 5.91 Å². The van der Waals surface area contributed by atoms with Gasteiger partial charge in [-0.2, -0.15) is 0 Å². The monoisotopic (exact) mass is 391 g/mol. The second-order valence-corrected chi connectivity index (χ2v) is 7.96. The second kappa shape index (κ2) is 7.61. The summed E-state index contributed by atoms with van der Waals surface area (Å²) in [7, 11) is 1.61. The van der Waals surface area contributed by atoms with E-state index in [-0.39, 0.29) is 17.8 Å². The van der Waals surface area contributed by atoms with Crippen molar-refractivity contribution in [3.63, 3.8) is 0 Å². The van der Waals surface area contributed by atoms with Crippen molar-refractivity contribution < 1.29 is 13.9 Å². The molecule has 0 fully saturated rings. The molecule has 136 valence electrons. The van der Waals surface area contributed by atoms with Gasteiger partial charge >= 0.3 is 0 Å². The highest BCUT2D eigenvalue weighted by Crippen LogP contribution is 2.32. The summed E-state index contributed by atoms with van der Waals surface area (Å²) in [6, 6.07) is 6.14. The third kappa shape index (κ3) is 3.82. The highest BCUT2D eigenvalue weighted by atomic mass is 32.1. The molecular weight excluding hydrogens is 373 g/mol. The number of nitrogens with zero attached hydrogens (tertiary/aromatic N) is 2. The van der Waals surface area contributed by atoms with Gasteiger partial charge in [-0.3, -0.25) is 10.1 Å². The maximum atomic E-state index is 13.1. The van der Waals surface area contributed by atoms with Gasteiger partial charge in [0.05, 0.1) is 11.4 Å². The molecule has 0 bridgehead atoms. The Morgan fingerprint density at radius 2 is 1.88 bits per heavy atom. The molecule has 2 heterocycles. The second-order valence-electron chi connectivity index (χ2n) is 5.73. The molecule has 3 aromatic rings. The summed E-state index contributed by atoms with van der Waals surface area (Å²) in [5, 5.41) is 4.10. The predicted molar refractivity (Wildman–Crippen MR) is 102 cm³/mol. The zero-order valence-corrected chi connectivity index (χ0v) is 16.4. The fourth-order valence-corrected chi connectivity index (χ4v) is 4.20. The number of benzene rings is 1. The Labute approximate surface area is 158 Å². The molecule has 0 radical (unpaired) electrons. The third-order valence-electron chi connectivity index (χ3n) is 3.86. The highest BCUT2D eigenvalue weighted by Gasteiger charge is 2.20. The lowest BCUT2D eigenvalue weighted by Crippen LogP contribution is -2.11. The zero-order valence-electron chi connectivity index (χ0n) is 14.8. The lowest BCUT2D eigenvalue weighted by atomic mass is 10.1. The van der Waals surface area contributed by atoms with E-state index in [0.717, 1.165) is 21.1 Å². The van der Waals surface area contributed by atoms with Crippen LogP contribution in [0.1, 0.15) is 38.3 Å². The van der Waals surface area contributed by atoms with E-state index in [1.165, 1.54) is 34.8 Å². The summed E-state index contributed by atoms with van der Waals surface area (Å²) in [4.78, 5) is 23.0. The molecule has 0 saturated carbocycles. The lowest BCUT2D eigenvalue weighted by Gasteiger charge is -2.03. The Morgan fingerprint density at radius 3 is 2.54 bits per heavy atom. The number of hydrogen-bond donors (Lipinski definition) is 1. The van der Waals surface area contributed by atoms with Crippen LogP contribution in [-0.4, -0.2) is 23.0 Å². The molecule has 1 atom stereocenters. The molecule has 0 spiro atoms. The van der Waals surface area contributed by atoms with Crippen molar-refractivity contribution in [2.24, 2.45) is 0 Å². The highest BCUT2D eigenvalue weighted by molar-refractivity contribution is 7.16. The quantitative estimate of drug-likeness (QED) is 0.666. The molecule has 5 nitrogen and oxygen atoms in total. The number of methoxy groups -OCH3 is 1. The number of carbonyl (C=O) groups excluding carboxylic acids is 1. The Hall–Kier alpha value is -2.16. The van der Waals surface area contributed by atoms with E-state index in [2.05, 4.69) is 15.3 Å². The van der Waals surface area contributed by atoms with Gasteiger partial charge < -0.3 is 4.74 Å². The van der Waals surface area contributed by atoms with Gasteiger partial charge in [-0.1, -0.05) is 0 Å². The average molecular weight is 391 g/mol. The van der Waals surface area contributed by atoms with Crippen LogP contribution >= 0.6 is 22.7 Å². The van der Waals surface area contributed by atoms with Crippen molar-refractivity contribution in [1.82, 2.24) is 9.97 Å². The number of rotatable bonds is 5. The number of anilines is 1. The number of hydrogen-bond acceptors (Lipinski definition) is 6. The number of aromatic nitrogens is 2. The number of ether oxygens (including phenoxy) is 1. The standard InChI is InChI=1S/C18H18FN3O2S2/c1-9-15(26-17(20-9)10(2)24-4)16(23)22-18-21-14(11(3)25-18)12-5-7-13(19)8-6-12/h5-8,10H,1-4H3,(H,21,22,23)/t10-/m1/s1. The van der Waals surface area contributed by atoms with Crippen LogP contribution in [0.4, 0.5) is 9.52 Å². The number of halogens is 1. The SMILES string of the molecule is CO[C@H](C)c1nc(C)c(C(=O)Nc2nc(-c3ccc(F)cc3)c(C)s2)s1. The molecule has 1 aromatic carbocycles. The van der Waals surface area contributed by atoms with Crippen LogP contribution in [-0.2, 0) is 4.74 Å². The number of carbonyl (C=O) groups is 1. The van der Waals surface area contributed by atoms with Crippen molar-refractivity contribution in [1.29, 1.82) is 0 Å². The molecular formula is C18H18FN3O2S2. The molecule has 1 amide bonds. The van der Waals surface area contributed by atoms with Gasteiger partial charge in [0, 0.05) is 17.6 Å². The largest absolute Gasteiger partial charge is 0.375 e. The van der Waals surface area contributed by atoms with Gasteiger partial charge in [-0.15, -0.1) is 22.7 Å². The van der Waals surface area contributed by atoms with Gasteiger partial charge in [0.15, 0.2) is 5.13 Å². The Morgan fingerprint density at radius 1 is 1.19 bits per heavy atom. The summed E-state index contributed by atoms with van der Waals surface area (Å²) in [6.07, 6.45) is -0.160. The smallest absolute Gasteiger partial charge is 0.269 e. The van der Waals surface area contributed by atoms with E-state index < -0.39 is 0 Å². The van der Waals surface area contributed by atoms with E-state index in [1.54, 1.807) is 26.2 Å². The van der Waals surface area contributed by atoms with Gasteiger partial charge in [-0.25, -0.2) is 14.4 Å². The molecule has 26 heavy (non-hydrogen) atoms. The first-order chi connectivity index (χ1) is 12.4. The number of thiazole rings is 2. The first-order valence-corrected chi connectivity index (χ1v) is 9.57. The molecule has 0 aliphatic rings. The maximum absolute atomic E-state index is 13.1. The van der Waals surface area contributed by atoms with E-state index in [9.17, 15) is 9.18 Å². The van der Waals surface area contributed by atoms with Gasteiger partial charge in [-0.05, 0) is 45.0 Å². The zero-order chi connectivity index (χ0) is 18.8. The van der Waals surface area contributed by atoms with Crippen molar-refractivity contribution in [2.75, 3.05) is 12.4 Å². The van der Waals surface area contributed by atoms with E-state index >= 15 is 0 Å². The van der Waals surface area contributed by atoms with Crippen molar-refractivity contribution in [3.8, 4) is 11.3 Å². The van der Waals surface area contributed by atoms with E-state index in [0.29, 0.717) is 15.7 Å². The van der Waals surface area contributed by atoms with Crippen LogP contribution in [0.15, 0.2) is 24.3 Å². The number of amides is 1. The van der Waals surface area contributed by atoms with Crippen LogP contribution in [0.5, 0.6) is 0 Å². The predicted octanol–water partition coefficient (Wildman–Crippen LogP) is 4.98. The van der Waals surface area contributed by atoms with Gasteiger partial charge in [0.1, 0.15) is 21.8 Å². The molecule has 8 heteroatoms. The van der Waals surface area contributed by atoms with Crippen molar-refractivity contribution in [2.45, 2.75) is 26.9 Å². The number of nitrogens with one attached hydrogen (secondary N) is 1. The van der Waals surface area contributed by atoms with Crippen LogP contribution in [0.25, 0.3) is 11.3 Å². The molecule has 0 aliphatic carbocycles. The van der Waals surface area contributed by atoms with Crippen LogP contribution in [0, 0.1) is 19.7 Å². The fraction of sp³-hybridized carbons (Fsp3) is 0.278. The summed E-state index contributed by atoms with van der Waals surface area (Å²) in [6.45, 7) is 5.61. The minimum absolute atomic E-state index is 0.160. The van der Waals surface area contributed by atoms with Crippen LogP contribution in [0.3, 0.4) is 0 Å². The Bertz CT molecular complexity index is 935. The Kier molecular flexibility index (Phi) is 5.45. The lowest BCUT2D eigenvalue weighted by molar-refractivity contribution is 0.103. The molecule has 1 N–H and O–H groups in total. The third-order valence-corrected chi connectivity index (χ3v) is 6.06. The minimum atomic E-state index is -0.295. The molecule has 0 saturated heterocycles. The first kappa shape index (κ1) is 18.6. The van der Waals surface area contributed by atoms with E-state index in [1.807, 2.05) is 13.8 Å². The molecule has 0 aliphatic heterocycles. The van der Waals surface area contributed by atoms with Crippen molar-refractivity contribution >= 4 is 33.7 Å². The maximum Gasteiger partial charge on any atom is 0.269 e. The molecule has 2 aromatic heterocycles. The van der Waals surface area contributed by atoms with Crippen LogP contribution in [0.2, 0.25) is 0 Å². The summed E-state index contributed by atoms with van der Waals surface area (Å²) >= 11 is 2.70. The van der Waals surface area contributed by atoms with Crippen LogP contribution < -0.4 is 5.32 Å². The summed E-state index contributed by atoms with van der Waals surface area (Å²) < 4.78 is 18.4. The molecule has 3 rings (SSSR count). The van der Waals surface area contributed by atoms with Gasteiger partial charge in [0.2, 0.25) is 0 Å². The Balaban J connectivity index is 1.81. The normalized spacial score (nSPS) is 12.2. The first-order valence-electron chi connectivity index (χ1n) is 7.94. The number of aryl methyl sites for hydroxylation is 2. The average Bonchev–Trinajstić information content (AvgIpc) is 3.17. The van der Waals surface area contributed by atoms with E-state index in [4.69, 9.17) is 4.74 Å². The van der Waals surface area contributed by atoms with Crippen molar-refractivity contribution in [3.05, 3.63) is 50.5 Å². The molecule has 0 unspecified atom stereocenters. The minimum Gasteiger partial charge on any atom is -0.375 e. The summed E-state index contributed by atoms with van der Waals surface area (Å²) in [5.74, 6) is -0.536.